The van der Waals surface area contributed by atoms with Gasteiger partial charge in [0.1, 0.15) is 0 Å². The molecule has 4 nitrogen and oxygen atoms in total. The summed E-state index contributed by atoms with van der Waals surface area (Å²) in [5, 5.41) is 3.58. The number of nitrogens with zero attached hydrogens (tertiary/aromatic N) is 2. The molecule has 0 atom stereocenters. The van der Waals surface area contributed by atoms with Crippen molar-refractivity contribution in [1.29, 1.82) is 0 Å². The van der Waals surface area contributed by atoms with Gasteiger partial charge in [-0.3, -0.25) is 9.69 Å². The number of amides is 1. The summed E-state index contributed by atoms with van der Waals surface area (Å²) in [5.74, 6) is -0.0245. The topological polar surface area (TPSA) is 35.6 Å². The first kappa shape index (κ1) is 25.7. The van der Waals surface area contributed by atoms with Gasteiger partial charge in [0.2, 0.25) is 5.91 Å². The maximum Gasteiger partial charge on any atom is 0.238 e. The van der Waals surface area contributed by atoms with E-state index in [9.17, 15) is 4.79 Å². The van der Waals surface area contributed by atoms with Gasteiger partial charge in [-0.05, 0) is 50.0 Å². The van der Waals surface area contributed by atoms with Crippen LogP contribution in [0.4, 0.5) is 5.69 Å². The minimum absolute atomic E-state index is 0. The Morgan fingerprint density at radius 2 is 1.76 bits per heavy atom. The molecule has 1 heterocycles. The molecule has 1 N–H and O–H groups in total. The van der Waals surface area contributed by atoms with Crippen molar-refractivity contribution in [2.75, 3.05) is 38.0 Å². The van der Waals surface area contributed by atoms with Crippen LogP contribution in [0.3, 0.4) is 0 Å². The molecule has 0 aliphatic carbocycles. The molecule has 0 aromatic heterocycles. The normalized spacial score (nSPS) is 13.6. The lowest BCUT2D eigenvalue weighted by atomic mass is 10.2. The predicted molar refractivity (Wildman–Crippen MR) is 127 cm³/mol. The Kier molecular flexibility index (Phi) is 11.6. The van der Waals surface area contributed by atoms with Crippen molar-refractivity contribution in [2.45, 2.75) is 26.3 Å². The minimum atomic E-state index is -0.0245. The van der Waals surface area contributed by atoms with Crippen LogP contribution in [0, 0.1) is 6.92 Å². The zero-order valence-electron chi connectivity index (χ0n) is 16.8. The number of carbonyl (C=O) groups is 1. The summed E-state index contributed by atoms with van der Waals surface area (Å²) in [5.41, 5.74) is 2.91. The van der Waals surface area contributed by atoms with Gasteiger partial charge in [0.15, 0.2) is 0 Å². The molecule has 1 saturated heterocycles. The predicted octanol–water partition coefficient (Wildman–Crippen LogP) is 5.03. The van der Waals surface area contributed by atoms with E-state index in [0.29, 0.717) is 17.3 Å². The Hall–Kier alpha value is -1.30. The molecule has 1 amide bonds. The van der Waals surface area contributed by atoms with Gasteiger partial charge in [0, 0.05) is 19.6 Å². The molecule has 2 aromatic carbocycles. The van der Waals surface area contributed by atoms with E-state index in [2.05, 4.69) is 27.2 Å². The smallest absolute Gasteiger partial charge is 0.238 e. The quantitative estimate of drug-likeness (QED) is 0.603. The van der Waals surface area contributed by atoms with Crippen LogP contribution < -0.4 is 5.32 Å². The first-order valence-electron chi connectivity index (χ1n) is 9.65. The number of hydrogen-bond donors (Lipinski definition) is 1. The molecule has 1 aliphatic heterocycles. The number of rotatable bonds is 8. The van der Waals surface area contributed by atoms with Crippen molar-refractivity contribution >= 4 is 48.0 Å². The monoisotopic (exact) mass is 457 g/mol. The molecule has 1 fully saturated rings. The molecule has 2 aromatic rings. The number of aryl methyl sites for hydroxylation is 1. The highest BCUT2D eigenvalue weighted by molar-refractivity contribution is 6.33. The Morgan fingerprint density at radius 1 is 1.07 bits per heavy atom. The summed E-state index contributed by atoms with van der Waals surface area (Å²) < 4.78 is 0. The van der Waals surface area contributed by atoms with Gasteiger partial charge < -0.3 is 10.2 Å². The SMILES string of the molecule is Cc1cccc(Cl)c1NC(=O)CN(CCN1CCCC1)Cc1ccccc1.Cl.Cl. The summed E-state index contributed by atoms with van der Waals surface area (Å²) in [6.45, 7) is 7.30. The summed E-state index contributed by atoms with van der Waals surface area (Å²) in [6, 6.07) is 16.0. The molecular weight excluding hydrogens is 429 g/mol. The van der Waals surface area contributed by atoms with Gasteiger partial charge >= 0.3 is 0 Å². The first-order valence-corrected chi connectivity index (χ1v) is 10.0. The lowest BCUT2D eigenvalue weighted by Crippen LogP contribution is -2.38. The van der Waals surface area contributed by atoms with Gasteiger partial charge in [-0.25, -0.2) is 0 Å². The lowest BCUT2D eigenvalue weighted by molar-refractivity contribution is -0.117. The van der Waals surface area contributed by atoms with Crippen molar-refractivity contribution in [3.63, 3.8) is 0 Å². The highest BCUT2D eigenvalue weighted by atomic mass is 35.5. The number of nitrogens with one attached hydrogen (secondary N) is 1. The molecule has 0 saturated carbocycles. The molecule has 0 bridgehead atoms. The second-order valence-electron chi connectivity index (χ2n) is 7.22. The van der Waals surface area contributed by atoms with Gasteiger partial charge in [0.25, 0.3) is 0 Å². The zero-order valence-corrected chi connectivity index (χ0v) is 19.2. The fraction of sp³-hybridized carbons (Fsp3) is 0.409. The zero-order chi connectivity index (χ0) is 19.1. The molecule has 0 radical (unpaired) electrons. The fourth-order valence-corrected chi connectivity index (χ4v) is 3.79. The van der Waals surface area contributed by atoms with Gasteiger partial charge in [-0.2, -0.15) is 0 Å². The minimum Gasteiger partial charge on any atom is -0.323 e. The molecule has 0 unspecified atom stereocenters. The van der Waals surface area contributed by atoms with Crippen LogP contribution in [0.5, 0.6) is 0 Å². The summed E-state index contributed by atoms with van der Waals surface area (Å²) in [6.07, 6.45) is 2.57. The first-order chi connectivity index (χ1) is 13.1. The van der Waals surface area contributed by atoms with E-state index < -0.39 is 0 Å². The third-order valence-corrected chi connectivity index (χ3v) is 5.35. The highest BCUT2D eigenvalue weighted by Gasteiger charge is 2.17. The second kappa shape index (κ2) is 13.1. The van der Waals surface area contributed by atoms with Crippen molar-refractivity contribution in [2.24, 2.45) is 0 Å². The number of anilines is 1. The lowest BCUT2D eigenvalue weighted by Gasteiger charge is -2.25. The Morgan fingerprint density at radius 3 is 2.41 bits per heavy atom. The van der Waals surface area contributed by atoms with E-state index in [1.54, 1.807) is 6.07 Å². The number of benzene rings is 2. The number of likely N-dealkylation sites (tertiary alicyclic amines) is 1. The van der Waals surface area contributed by atoms with E-state index in [4.69, 9.17) is 11.6 Å². The molecule has 160 valence electrons. The second-order valence-corrected chi connectivity index (χ2v) is 7.63. The van der Waals surface area contributed by atoms with Crippen molar-refractivity contribution < 1.29 is 4.79 Å². The number of hydrogen-bond acceptors (Lipinski definition) is 3. The number of para-hydroxylation sites is 1. The average molecular weight is 459 g/mol. The maximum absolute atomic E-state index is 12.7. The number of carbonyl (C=O) groups excluding carboxylic acids is 1. The van der Waals surface area contributed by atoms with Crippen LogP contribution in [0.2, 0.25) is 5.02 Å². The van der Waals surface area contributed by atoms with E-state index in [1.165, 1.54) is 31.5 Å². The van der Waals surface area contributed by atoms with Crippen molar-refractivity contribution in [3.8, 4) is 0 Å². The molecule has 29 heavy (non-hydrogen) atoms. The average Bonchev–Trinajstić information content (AvgIpc) is 3.17. The molecule has 0 spiro atoms. The Bertz CT molecular complexity index is 732. The Labute approximate surface area is 191 Å². The highest BCUT2D eigenvalue weighted by Crippen LogP contribution is 2.25. The molecule has 3 rings (SSSR count). The van der Waals surface area contributed by atoms with Gasteiger partial charge in [-0.1, -0.05) is 54.1 Å². The van der Waals surface area contributed by atoms with E-state index in [1.807, 2.05) is 37.3 Å². The van der Waals surface area contributed by atoms with Crippen LogP contribution in [0.25, 0.3) is 0 Å². The molecular formula is C22H30Cl3N3O. The van der Waals surface area contributed by atoms with Crippen LogP contribution in [-0.2, 0) is 11.3 Å². The largest absolute Gasteiger partial charge is 0.323 e. The van der Waals surface area contributed by atoms with Gasteiger partial charge in [-0.15, -0.1) is 24.8 Å². The third kappa shape index (κ3) is 8.15. The fourth-order valence-electron chi connectivity index (χ4n) is 3.52. The maximum atomic E-state index is 12.7. The van der Waals surface area contributed by atoms with Crippen LogP contribution in [0.15, 0.2) is 48.5 Å². The number of halogens is 3. The van der Waals surface area contributed by atoms with Crippen molar-refractivity contribution in [1.82, 2.24) is 9.80 Å². The van der Waals surface area contributed by atoms with E-state index in [0.717, 1.165) is 25.2 Å². The van der Waals surface area contributed by atoms with Crippen molar-refractivity contribution in [3.05, 3.63) is 64.7 Å². The summed E-state index contributed by atoms with van der Waals surface area (Å²) >= 11 is 6.25. The summed E-state index contributed by atoms with van der Waals surface area (Å²) in [7, 11) is 0. The standard InChI is InChI=1S/C22H28ClN3O.2ClH/c1-18-8-7-11-20(23)22(18)24-21(27)17-26(15-14-25-12-5-6-13-25)16-19-9-3-2-4-10-19;;/h2-4,7-11H,5-6,12-17H2,1H3,(H,24,27);2*1H. The van der Waals surface area contributed by atoms with Gasteiger partial charge in [0.05, 0.1) is 17.3 Å². The molecule has 7 heteroatoms. The molecule has 1 aliphatic rings. The van der Waals surface area contributed by atoms with Crippen LogP contribution in [-0.4, -0.2) is 48.4 Å². The van der Waals surface area contributed by atoms with E-state index in [-0.39, 0.29) is 30.7 Å². The Balaban J connectivity index is 0.00000210. The van der Waals surface area contributed by atoms with E-state index >= 15 is 0 Å². The third-order valence-electron chi connectivity index (χ3n) is 5.03. The van der Waals surface area contributed by atoms with Crippen LogP contribution in [0.1, 0.15) is 24.0 Å². The van der Waals surface area contributed by atoms with Crippen LogP contribution >= 0.6 is 36.4 Å². The summed E-state index contributed by atoms with van der Waals surface area (Å²) in [4.78, 5) is 17.4.